The maximum atomic E-state index is 13.0. The minimum absolute atomic E-state index is 0. The first-order valence-corrected chi connectivity index (χ1v) is 9.24. The quantitative estimate of drug-likeness (QED) is 0.832. The number of benzene rings is 2. The van der Waals surface area contributed by atoms with Gasteiger partial charge in [0.25, 0.3) is 0 Å². The fraction of sp³-hybridized carbons (Fsp3) is 0.409. The smallest absolute Gasteiger partial charge is 0.224 e. The van der Waals surface area contributed by atoms with Crippen LogP contribution in [0.5, 0.6) is 0 Å². The lowest BCUT2D eigenvalue weighted by Crippen LogP contribution is -2.40. The number of likely N-dealkylation sites (tertiary alicyclic amines) is 1. The van der Waals surface area contributed by atoms with Gasteiger partial charge in [-0.25, -0.2) is 0 Å². The largest absolute Gasteiger partial charge is 0.336 e. The lowest BCUT2D eigenvalue weighted by molar-refractivity contribution is -0.135. The highest BCUT2D eigenvalue weighted by Gasteiger charge is 2.29. The number of halogens is 1. The molecule has 1 aliphatic rings. The molecule has 2 atom stereocenters. The Kier molecular flexibility index (Phi) is 7.24. The van der Waals surface area contributed by atoms with Crippen molar-refractivity contribution in [2.24, 2.45) is 5.73 Å². The first kappa shape index (κ1) is 20.5. The van der Waals surface area contributed by atoms with E-state index in [1.165, 1.54) is 23.1 Å². The predicted molar refractivity (Wildman–Crippen MR) is 109 cm³/mol. The molecule has 1 aliphatic heterocycles. The molecule has 0 aliphatic carbocycles. The number of rotatable bonds is 4. The van der Waals surface area contributed by atoms with E-state index in [0.717, 1.165) is 24.9 Å². The summed E-state index contributed by atoms with van der Waals surface area (Å²) in [5.41, 5.74) is 11.2. The van der Waals surface area contributed by atoms with Crippen LogP contribution in [-0.4, -0.2) is 17.4 Å². The highest BCUT2D eigenvalue weighted by molar-refractivity contribution is 5.85. The lowest BCUT2D eigenvalue weighted by Gasteiger charge is -2.37. The van der Waals surface area contributed by atoms with Gasteiger partial charge in [-0.15, -0.1) is 12.4 Å². The Hall–Kier alpha value is -1.84. The Morgan fingerprint density at radius 1 is 1.12 bits per heavy atom. The van der Waals surface area contributed by atoms with E-state index in [0.29, 0.717) is 6.42 Å². The number of carbonyl (C=O) groups excluding carboxylic acids is 1. The SMILES string of the molecule is Cc1cccc(C2CCCCN2C(=O)CC(N)c2ccccc2)c1C.Cl. The molecule has 2 unspecified atom stereocenters. The van der Waals surface area contributed by atoms with E-state index in [1.54, 1.807) is 0 Å². The van der Waals surface area contributed by atoms with E-state index in [9.17, 15) is 4.79 Å². The predicted octanol–water partition coefficient (Wildman–Crippen LogP) is 4.87. The Morgan fingerprint density at radius 2 is 1.85 bits per heavy atom. The van der Waals surface area contributed by atoms with Crippen LogP contribution >= 0.6 is 12.4 Å². The molecule has 1 amide bonds. The van der Waals surface area contributed by atoms with Gasteiger partial charge in [-0.2, -0.15) is 0 Å². The third-order valence-electron chi connectivity index (χ3n) is 5.45. The van der Waals surface area contributed by atoms with E-state index in [2.05, 4.69) is 36.9 Å². The summed E-state index contributed by atoms with van der Waals surface area (Å²) < 4.78 is 0. The van der Waals surface area contributed by atoms with Crippen LogP contribution in [0.4, 0.5) is 0 Å². The van der Waals surface area contributed by atoms with Gasteiger partial charge in [-0.05, 0) is 55.4 Å². The summed E-state index contributed by atoms with van der Waals surface area (Å²) in [6, 6.07) is 16.3. The van der Waals surface area contributed by atoms with Crippen molar-refractivity contribution in [3.63, 3.8) is 0 Å². The van der Waals surface area contributed by atoms with Crippen LogP contribution in [0.1, 0.15) is 60.0 Å². The second-order valence-electron chi connectivity index (χ2n) is 7.11. The molecule has 3 nitrogen and oxygen atoms in total. The van der Waals surface area contributed by atoms with Crippen LogP contribution in [0.3, 0.4) is 0 Å². The maximum Gasteiger partial charge on any atom is 0.224 e. The van der Waals surface area contributed by atoms with Crippen molar-refractivity contribution < 1.29 is 4.79 Å². The average Bonchev–Trinajstić information content (AvgIpc) is 2.64. The normalized spacial score (nSPS) is 18.1. The fourth-order valence-corrected chi connectivity index (χ4v) is 3.81. The highest BCUT2D eigenvalue weighted by Crippen LogP contribution is 2.34. The van der Waals surface area contributed by atoms with Crippen LogP contribution in [0.15, 0.2) is 48.5 Å². The molecular weight excluding hydrogens is 344 g/mol. The number of nitrogens with two attached hydrogens (primary N) is 1. The van der Waals surface area contributed by atoms with Crippen LogP contribution in [0.25, 0.3) is 0 Å². The van der Waals surface area contributed by atoms with Crippen LogP contribution in [0, 0.1) is 13.8 Å². The standard InChI is InChI=1S/C22H28N2O.ClH/c1-16-9-8-12-19(17(16)2)21-13-6-7-14-24(21)22(25)15-20(23)18-10-4-3-5-11-18;/h3-5,8-12,20-21H,6-7,13-15,23H2,1-2H3;1H. The summed E-state index contributed by atoms with van der Waals surface area (Å²) >= 11 is 0. The van der Waals surface area contributed by atoms with E-state index < -0.39 is 0 Å². The Morgan fingerprint density at radius 3 is 2.58 bits per heavy atom. The summed E-state index contributed by atoms with van der Waals surface area (Å²) in [7, 11) is 0. The minimum atomic E-state index is -0.241. The van der Waals surface area contributed by atoms with Crippen molar-refractivity contribution >= 4 is 18.3 Å². The fourth-order valence-electron chi connectivity index (χ4n) is 3.81. The van der Waals surface area contributed by atoms with Gasteiger partial charge in [0.15, 0.2) is 0 Å². The zero-order valence-corrected chi connectivity index (χ0v) is 16.5. The Labute approximate surface area is 163 Å². The van der Waals surface area contributed by atoms with Gasteiger partial charge >= 0.3 is 0 Å². The number of piperidine rings is 1. The van der Waals surface area contributed by atoms with Gasteiger partial charge in [0.1, 0.15) is 0 Å². The average molecular weight is 373 g/mol. The molecule has 2 aromatic carbocycles. The first-order valence-electron chi connectivity index (χ1n) is 9.24. The molecule has 0 bridgehead atoms. The second-order valence-corrected chi connectivity index (χ2v) is 7.11. The van der Waals surface area contributed by atoms with Crippen molar-refractivity contribution in [2.45, 2.75) is 51.6 Å². The third kappa shape index (κ3) is 4.46. The number of hydrogen-bond donors (Lipinski definition) is 1. The highest BCUT2D eigenvalue weighted by atomic mass is 35.5. The molecule has 3 rings (SSSR count). The van der Waals surface area contributed by atoms with Crippen molar-refractivity contribution in [1.29, 1.82) is 0 Å². The van der Waals surface area contributed by atoms with Crippen LogP contribution < -0.4 is 5.73 Å². The first-order chi connectivity index (χ1) is 12.1. The summed E-state index contributed by atoms with van der Waals surface area (Å²) in [5.74, 6) is 0.168. The summed E-state index contributed by atoms with van der Waals surface area (Å²) in [5, 5.41) is 0. The van der Waals surface area contributed by atoms with E-state index in [4.69, 9.17) is 5.73 Å². The van der Waals surface area contributed by atoms with Crippen molar-refractivity contribution in [3.05, 3.63) is 70.8 Å². The molecule has 1 fully saturated rings. The van der Waals surface area contributed by atoms with E-state index >= 15 is 0 Å². The summed E-state index contributed by atoms with van der Waals surface area (Å²) in [6.45, 7) is 5.13. The zero-order chi connectivity index (χ0) is 17.8. The Bertz CT molecular complexity index is 732. The zero-order valence-electron chi connectivity index (χ0n) is 15.7. The Balaban J connectivity index is 0.00000243. The number of carbonyl (C=O) groups is 1. The van der Waals surface area contributed by atoms with Gasteiger partial charge < -0.3 is 10.6 Å². The molecule has 2 aromatic rings. The minimum Gasteiger partial charge on any atom is -0.336 e. The van der Waals surface area contributed by atoms with Gasteiger partial charge in [0.05, 0.1) is 6.04 Å². The van der Waals surface area contributed by atoms with Gasteiger partial charge in [-0.3, -0.25) is 4.79 Å². The number of hydrogen-bond acceptors (Lipinski definition) is 2. The van der Waals surface area contributed by atoms with Crippen molar-refractivity contribution in [1.82, 2.24) is 4.90 Å². The molecule has 4 heteroatoms. The third-order valence-corrected chi connectivity index (χ3v) is 5.45. The molecule has 26 heavy (non-hydrogen) atoms. The molecule has 140 valence electrons. The lowest BCUT2D eigenvalue weighted by atomic mass is 9.90. The van der Waals surface area contributed by atoms with Crippen molar-refractivity contribution in [3.8, 4) is 0 Å². The second kappa shape index (κ2) is 9.20. The van der Waals surface area contributed by atoms with Gasteiger partial charge in [0, 0.05) is 19.0 Å². The molecule has 0 spiro atoms. The molecule has 0 radical (unpaired) electrons. The van der Waals surface area contributed by atoms with Gasteiger partial charge in [0.2, 0.25) is 5.91 Å². The number of aryl methyl sites for hydroxylation is 1. The summed E-state index contributed by atoms with van der Waals surface area (Å²) in [6.07, 6.45) is 3.65. The molecule has 1 saturated heterocycles. The van der Waals surface area contributed by atoms with Gasteiger partial charge in [-0.1, -0.05) is 48.5 Å². The van der Waals surface area contributed by atoms with Crippen LogP contribution in [-0.2, 0) is 4.79 Å². The van der Waals surface area contributed by atoms with Crippen LogP contribution in [0.2, 0.25) is 0 Å². The van der Waals surface area contributed by atoms with E-state index in [1.807, 2.05) is 30.3 Å². The summed E-state index contributed by atoms with van der Waals surface area (Å²) in [4.78, 5) is 15.1. The van der Waals surface area contributed by atoms with Crippen molar-refractivity contribution in [2.75, 3.05) is 6.54 Å². The maximum absolute atomic E-state index is 13.0. The topological polar surface area (TPSA) is 46.3 Å². The number of amides is 1. The molecule has 1 heterocycles. The molecule has 0 aromatic heterocycles. The monoisotopic (exact) mass is 372 g/mol. The molecule has 2 N–H and O–H groups in total. The number of nitrogens with zero attached hydrogens (tertiary/aromatic N) is 1. The molecular formula is C22H29ClN2O. The van der Waals surface area contributed by atoms with E-state index in [-0.39, 0.29) is 30.4 Å². The molecule has 0 saturated carbocycles.